The summed E-state index contributed by atoms with van der Waals surface area (Å²) in [6.45, 7) is 3.87. The molecule has 1 aromatic carbocycles. The molecule has 1 aliphatic heterocycles. The van der Waals surface area contributed by atoms with Crippen molar-refractivity contribution in [3.63, 3.8) is 0 Å². The Morgan fingerprint density at radius 1 is 1.04 bits per heavy atom. The van der Waals surface area contributed by atoms with E-state index in [9.17, 15) is 13.2 Å². The highest BCUT2D eigenvalue weighted by Crippen LogP contribution is 2.17. The molecule has 2 rings (SSSR count). The predicted octanol–water partition coefficient (Wildman–Crippen LogP) is 0.568. The molecule has 128 valence electrons. The Balaban J connectivity index is 1.79. The van der Waals surface area contributed by atoms with Crippen LogP contribution in [0.25, 0.3) is 0 Å². The number of hydrogen-bond donors (Lipinski definition) is 0. The quantitative estimate of drug-likeness (QED) is 0.755. The van der Waals surface area contributed by atoms with Gasteiger partial charge in [0.05, 0.1) is 12.9 Å². The van der Waals surface area contributed by atoms with E-state index in [2.05, 4.69) is 0 Å². The summed E-state index contributed by atoms with van der Waals surface area (Å²) in [5.74, 6) is 1.20. The summed E-state index contributed by atoms with van der Waals surface area (Å²) in [7, 11) is -3.19. The molecule has 1 amide bonds. The Morgan fingerprint density at radius 2 is 1.57 bits per heavy atom. The highest BCUT2D eigenvalue weighted by atomic mass is 32.2. The normalized spacial score (nSPS) is 16.2. The van der Waals surface area contributed by atoms with Crippen molar-refractivity contribution in [1.29, 1.82) is 0 Å². The molecule has 0 N–H and O–H groups in total. The molecular weight excluding hydrogens is 320 g/mol. The van der Waals surface area contributed by atoms with Crippen molar-refractivity contribution in [3.8, 4) is 11.5 Å². The number of nitrogens with zero attached hydrogens (tertiary/aromatic N) is 2. The Kier molecular flexibility index (Phi) is 5.84. The zero-order valence-corrected chi connectivity index (χ0v) is 14.2. The average Bonchev–Trinajstić information content (AvgIpc) is 2.53. The first kappa shape index (κ1) is 17.6. The Hall–Kier alpha value is -1.80. The van der Waals surface area contributed by atoms with E-state index in [0.717, 1.165) is 5.75 Å². The summed E-state index contributed by atoms with van der Waals surface area (Å²) >= 11 is 0. The molecule has 1 heterocycles. The minimum absolute atomic E-state index is 0.0626. The van der Waals surface area contributed by atoms with E-state index >= 15 is 0 Å². The summed E-state index contributed by atoms with van der Waals surface area (Å²) in [4.78, 5) is 13.7. The van der Waals surface area contributed by atoms with Crippen LogP contribution in [0.3, 0.4) is 0 Å². The maximum absolute atomic E-state index is 12.1. The van der Waals surface area contributed by atoms with Gasteiger partial charge in [-0.1, -0.05) is 0 Å². The molecule has 1 fully saturated rings. The Morgan fingerprint density at radius 3 is 2.04 bits per heavy atom. The zero-order valence-electron chi connectivity index (χ0n) is 13.4. The lowest BCUT2D eigenvalue weighted by Crippen LogP contribution is -2.51. The van der Waals surface area contributed by atoms with Gasteiger partial charge in [-0.2, -0.15) is 4.31 Å². The van der Waals surface area contributed by atoms with Crippen LogP contribution in [0.1, 0.15) is 6.92 Å². The van der Waals surface area contributed by atoms with Crippen molar-refractivity contribution >= 4 is 15.9 Å². The van der Waals surface area contributed by atoms with E-state index in [-0.39, 0.29) is 12.5 Å². The number of sulfonamides is 1. The van der Waals surface area contributed by atoms with E-state index < -0.39 is 10.0 Å². The first-order valence-corrected chi connectivity index (χ1v) is 9.33. The van der Waals surface area contributed by atoms with Crippen LogP contribution in [0.15, 0.2) is 24.3 Å². The number of amides is 1. The van der Waals surface area contributed by atoms with Crippen molar-refractivity contribution in [2.24, 2.45) is 0 Å². The number of benzene rings is 1. The lowest BCUT2D eigenvalue weighted by molar-refractivity contribution is -0.134. The van der Waals surface area contributed by atoms with E-state index in [1.807, 2.05) is 6.92 Å². The number of hydrogen-bond acceptors (Lipinski definition) is 5. The van der Waals surface area contributed by atoms with E-state index in [1.54, 1.807) is 29.2 Å². The summed E-state index contributed by atoms with van der Waals surface area (Å²) in [6, 6.07) is 7.07. The lowest BCUT2D eigenvalue weighted by atomic mass is 10.3. The fraction of sp³-hybridized carbons (Fsp3) is 0.533. The number of ether oxygens (including phenoxy) is 2. The second-order valence-corrected chi connectivity index (χ2v) is 7.22. The molecule has 1 saturated heterocycles. The molecule has 0 unspecified atom stereocenters. The van der Waals surface area contributed by atoms with E-state index in [1.165, 1.54) is 10.6 Å². The molecule has 8 heteroatoms. The first-order chi connectivity index (χ1) is 10.9. The van der Waals surface area contributed by atoms with Gasteiger partial charge in [0.2, 0.25) is 10.0 Å². The number of piperazine rings is 1. The van der Waals surface area contributed by atoms with Gasteiger partial charge in [-0.3, -0.25) is 4.79 Å². The van der Waals surface area contributed by atoms with Gasteiger partial charge in [0.25, 0.3) is 5.91 Å². The molecule has 0 bridgehead atoms. The molecule has 0 radical (unpaired) electrons. The maximum Gasteiger partial charge on any atom is 0.260 e. The second kappa shape index (κ2) is 7.65. The van der Waals surface area contributed by atoms with Gasteiger partial charge in [-0.25, -0.2) is 8.42 Å². The SMILES string of the molecule is CCOc1ccc(OCC(=O)N2CCN(S(C)(=O)=O)CC2)cc1. The molecule has 0 aliphatic carbocycles. The molecule has 7 nitrogen and oxygen atoms in total. The molecule has 0 saturated carbocycles. The van der Waals surface area contributed by atoms with Gasteiger partial charge in [-0.15, -0.1) is 0 Å². The minimum Gasteiger partial charge on any atom is -0.494 e. The largest absolute Gasteiger partial charge is 0.494 e. The molecule has 0 atom stereocenters. The molecule has 1 aliphatic rings. The number of rotatable bonds is 6. The second-order valence-electron chi connectivity index (χ2n) is 5.24. The van der Waals surface area contributed by atoms with Gasteiger partial charge in [-0.05, 0) is 31.2 Å². The van der Waals surface area contributed by atoms with Crippen LogP contribution < -0.4 is 9.47 Å². The third-order valence-corrected chi connectivity index (χ3v) is 4.86. The highest BCUT2D eigenvalue weighted by molar-refractivity contribution is 7.88. The van der Waals surface area contributed by atoms with Crippen molar-refractivity contribution < 1.29 is 22.7 Å². The van der Waals surface area contributed by atoms with Crippen LogP contribution >= 0.6 is 0 Å². The number of carbonyl (C=O) groups excluding carboxylic acids is 1. The van der Waals surface area contributed by atoms with Gasteiger partial charge in [0, 0.05) is 26.2 Å². The predicted molar refractivity (Wildman–Crippen MR) is 86.1 cm³/mol. The fourth-order valence-corrected chi connectivity index (χ4v) is 3.13. The van der Waals surface area contributed by atoms with Gasteiger partial charge >= 0.3 is 0 Å². The van der Waals surface area contributed by atoms with Crippen LogP contribution in [-0.2, 0) is 14.8 Å². The van der Waals surface area contributed by atoms with Crippen LogP contribution in [0.4, 0.5) is 0 Å². The Bertz CT molecular complexity index is 622. The smallest absolute Gasteiger partial charge is 0.260 e. The van der Waals surface area contributed by atoms with Gasteiger partial charge in [0.15, 0.2) is 6.61 Å². The third kappa shape index (κ3) is 5.11. The standard InChI is InChI=1S/C15H22N2O5S/c1-3-21-13-4-6-14(7-5-13)22-12-15(18)16-8-10-17(11-9-16)23(2,19)20/h4-7H,3,8-12H2,1-2H3. The van der Waals surface area contributed by atoms with E-state index in [0.29, 0.717) is 38.5 Å². The monoisotopic (exact) mass is 342 g/mol. The minimum atomic E-state index is -3.19. The van der Waals surface area contributed by atoms with Crippen molar-refractivity contribution in [1.82, 2.24) is 9.21 Å². The van der Waals surface area contributed by atoms with Crippen LogP contribution in [-0.4, -0.2) is 69.2 Å². The van der Waals surface area contributed by atoms with Crippen LogP contribution in [0, 0.1) is 0 Å². The molecule has 0 spiro atoms. The van der Waals surface area contributed by atoms with Crippen LogP contribution in [0.2, 0.25) is 0 Å². The van der Waals surface area contributed by atoms with Crippen molar-refractivity contribution in [3.05, 3.63) is 24.3 Å². The average molecular weight is 342 g/mol. The summed E-state index contributed by atoms with van der Waals surface area (Å²) < 4.78 is 35.1. The topological polar surface area (TPSA) is 76.2 Å². The number of carbonyl (C=O) groups is 1. The molecule has 23 heavy (non-hydrogen) atoms. The lowest BCUT2D eigenvalue weighted by Gasteiger charge is -2.33. The first-order valence-electron chi connectivity index (χ1n) is 7.48. The summed E-state index contributed by atoms with van der Waals surface area (Å²) in [5, 5.41) is 0. The van der Waals surface area contributed by atoms with E-state index in [4.69, 9.17) is 9.47 Å². The zero-order chi connectivity index (χ0) is 16.9. The van der Waals surface area contributed by atoms with Gasteiger partial charge < -0.3 is 14.4 Å². The van der Waals surface area contributed by atoms with Crippen LogP contribution in [0.5, 0.6) is 11.5 Å². The fourth-order valence-electron chi connectivity index (χ4n) is 2.30. The van der Waals surface area contributed by atoms with Crippen molar-refractivity contribution in [2.45, 2.75) is 6.92 Å². The highest BCUT2D eigenvalue weighted by Gasteiger charge is 2.26. The Labute approximate surface area is 136 Å². The molecular formula is C15H22N2O5S. The maximum atomic E-state index is 12.1. The summed E-state index contributed by atoms with van der Waals surface area (Å²) in [6.07, 6.45) is 1.18. The summed E-state index contributed by atoms with van der Waals surface area (Å²) in [5.41, 5.74) is 0. The van der Waals surface area contributed by atoms with Gasteiger partial charge in [0.1, 0.15) is 11.5 Å². The molecule has 0 aromatic heterocycles. The third-order valence-electron chi connectivity index (χ3n) is 3.56. The van der Waals surface area contributed by atoms with Crippen molar-refractivity contribution in [2.75, 3.05) is 45.6 Å². The molecule has 1 aromatic rings.